The number of nitrogens with zero attached hydrogens (tertiary/aromatic N) is 2. The van der Waals surface area contributed by atoms with Crippen LogP contribution in [0.5, 0.6) is 5.75 Å². The molecule has 12 heteroatoms. The number of benzene rings is 1. The summed E-state index contributed by atoms with van der Waals surface area (Å²) >= 11 is 1.06. The summed E-state index contributed by atoms with van der Waals surface area (Å²) in [6.07, 6.45) is -4.68. The second-order valence-electron chi connectivity index (χ2n) is 8.47. The van der Waals surface area contributed by atoms with Gasteiger partial charge in [0.25, 0.3) is 5.56 Å². The number of esters is 1. The van der Waals surface area contributed by atoms with Crippen molar-refractivity contribution >= 4 is 39.0 Å². The molecule has 0 aliphatic carbocycles. The third-order valence-electron chi connectivity index (χ3n) is 4.38. The lowest BCUT2D eigenvalue weighted by atomic mass is 9.92. The van der Waals surface area contributed by atoms with Crippen LogP contribution in [0.15, 0.2) is 34.4 Å². The topological polar surface area (TPSA) is 99.5 Å². The summed E-state index contributed by atoms with van der Waals surface area (Å²) in [5.74, 6) is -1.59. The number of amides is 1. The van der Waals surface area contributed by atoms with Crippen LogP contribution in [0.4, 0.5) is 18.2 Å². The van der Waals surface area contributed by atoms with Crippen LogP contribution in [-0.2, 0) is 9.53 Å². The van der Waals surface area contributed by atoms with Gasteiger partial charge >= 0.3 is 12.3 Å². The van der Waals surface area contributed by atoms with Gasteiger partial charge < -0.3 is 14.8 Å². The number of hydrogen-bond donors (Lipinski definition) is 1. The number of alkyl halides is 3. The van der Waals surface area contributed by atoms with Crippen LogP contribution in [0.3, 0.4) is 0 Å². The molecule has 0 aliphatic rings. The number of carbonyl (C=O) groups is 2. The first-order valence-corrected chi connectivity index (χ1v) is 11.0. The van der Waals surface area contributed by atoms with E-state index in [9.17, 15) is 27.6 Å². The van der Waals surface area contributed by atoms with E-state index in [2.05, 4.69) is 15.2 Å². The molecule has 34 heavy (non-hydrogen) atoms. The van der Waals surface area contributed by atoms with Gasteiger partial charge in [-0.3, -0.25) is 9.59 Å². The third-order valence-corrected chi connectivity index (χ3v) is 5.28. The molecule has 2 heterocycles. The van der Waals surface area contributed by atoms with Gasteiger partial charge in [0.2, 0.25) is 5.91 Å². The summed E-state index contributed by atoms with van der Waals surface area (Å²) in [4.78, 5) is 38.4. The van der Waals surface area contributed by atoms with Gasteiger partial charge in [-0.15, -0.1) is 24.5 Å². The molecule has 0 saturated carbocycles. The molecule has 1 amide bonds. The monoisotopic (exact) mass is 497 g/mol. The first-order valence-electron chi connectivity index (χ1n) is 10.2. The second-order valence-corrected chi connectivity index (χ2v) is 9.35. The summed E-state index contributed by atoms with van der Waals surface area (Å²) in [6, 6.07) is 4.43. The molecular weight excluding hydrogens is 475 g/mol. The maximum atomic E-state index is 13.3. The number of thiophene rings is 1. The van der Waals surface area contributed by atoms with E-state index >= 15 is 0 Å². The van der Waals surface area contributed by atoms with E-state index in [0.717, 1.165) is 28.2 Å². The summed E-state index contributed by atoms with van der Waals surface area (Å²) in [5.41, 5.74) is -1.04. The SMILES string of the molecule is CCOC(=O)c1nn(-c2ccc(OC(F)(F)F)cc2)c(=O)c2c(NC(=O)CC(C)(C)C)scc12. The van der Waals surface area contributed by atoms with Gasteiger partial charge in [0.15, 0.2) is 5.69 Å². The first-order chi connectivity index (χ1) is 15.8. The number of halogens is 3. The van der Waals surface area contributed by atoms with Crippen molar-refractivity contribution in [3.8, 4) is 11.4 Å². The summed E-state index contributed by atoms with van der Waals surface area (Å²) in [6.45, 7) is 7.34. The Morgan fingerprint density at radius 1 is 1.15 bits per heavy atom. The molecule has 0 saturated heterocycles. The molecule has 0 bridgehead atoms. The van der Waals surface area contributed by atoms with Crippen LogP contribution in [0.25, 0.3) is 16.5 Å². The Labute approximate surface area is 196 Å². The third kappa shape index (κ3) is 5.93. The predicted octanol–water partition coefficient (Wildman–Crippen LogP) is 4.90. The summed E-state index contributed by atoms with van der Waals surface area (Å²) in [5, 5.41) is 8.82. The molecule has 0 unspecified atom stereocenters. The van der Waals surface area contributed by atoms with E-state index in [-0.39, 0.29) is 51.5 Å². The lowest BCUT2D eigenvalue weighted by Crippen LogP contribution is -2.26. The van der Waals surface area contributed by atoms with Crippen molar-refractivity contribution in [1.29, 1.82) is 0 Å². The summed E-state index contributed by atoms with van der Waals surface area (Å²) in [7, 11) is 0. The molecule has 3 aromatic rings. The zero-order valence-electron chi connectivity index (χ0n) is 18.8. The Balaban J connectivity index is 2.13. The van der Waals surface area contributed by atoms with Crippen molar-refractivity contribution < 1.29 is 32.2 Å². The molecule has 3 rings (SSSR count). The molecule has 0 fully saturated rings. The van der Waals surface area contributed by atoms with E-state index in [1.807, 2.05) is 20.8 Å². The van der Waals surface area contributed by atoms with E-state index in [1.165, 1.54) is 17.5 Å². The maximum Gasteiger partial charge on any atom is 0.573 e. The number of aromatic nitrogens is 2. The molecule has 1 N–H and O–H groups in total. The van der Waals surface area contributed by atoms with Crippen LogP contribution < -0.4 is 15.6 Å². The Morgan fingerprint density at radius 3 is 2.35 bits per heavy atom. The van der Waals surface area contributed by atoms with Crippen LogP contribution in [0.1, 0.15) is 44.6 Å². The number of fused-ring (bicyclic) bond motifs is 1. The van der Waals surface area contributed by atoms with Crippen LogP contribution >= 0.6 is 11.3 Å². The lowest BCUT2D eigenvalue weighted by Gasteiger charge is -2.17. The minimum Gasteiger partial charge on any atom is -0.461 e. The fraction of sp³-hybridized carbons (Fsp3) is 0.364. The van der Waals surface area contributed by atoms with Gasteiger partial charge in [-0.1, -0.05) is 20.8 Å². The van der Waals surface area contributed by atoms with E-state index < -0.39 is 23.6 Å². The van der Waals surface area contributed by atoms with E-state index in [1.54, 1.807) is 6.92 Å². The van der Waals surface area contributed by atoms with Crippen LogP contribution in [-0.4, -0.2) is 34.6 Å². The van der Waals surface area contributed by atoms with E-state index in [4.69, 9.17) is 4.74 Å². The summed E-state index contributed by atoms with van der Waals surface area (Å²) < 4.78 is 47.2. The maximum absolute atomic E-state index is 13.3. The van der Waals surface area contributed by atoms with Crippen molar-refractivity contribution in [3.05, 3.63) is 45.7 Å². The highest BCUT2D eigenvalue weighted by Gasteiger charge is 2.31. The normalized spacial score (nSPS) is 12.0. The standard InChI is InChI=1S/C22H22F3N3O5S/c1-5-32-20(31)17-14-11-34-18(26-15(29)10-21(2,3)4)16(14)19(30)28(27-17)12-6-8-13(9-7-12)33-22(23,24)25/h6-9,11H,5,10H2,1-4H3,(H,26,29). The van der Waals surface area contributed by atoms with Crippen molar-refractivity contribution in [1.82, 2.24) is 9.78 Å². The highest BCUT2D eigenvalue weighted by Crippen LogP contribution is 2.32. The zero-order chi connectivity index (χ0) is 25.3. The number of carbonyl (C=O) groups excluding carboxylic acids is 2. The van der Waals surface area contributed by atoms with Crippen molar-refractivity contribution in [3.63, 3.8) is 0 Å². The Bertz CT molecular complexity index is 1270. The van der Waals surface area contributed by atoms with Gasteiger partial charge in [0.05, 0.1) is 17.7 Å². The zero-order valence-corrected chi connectivity index (χ0v) is 19.6. The van der Waals surface area contributed by atoms with Crippen molar-refractivity contribution in [2.45, 2.75) is 40.5 Å². The van der Waals surface area contributed by atoms with Gasteiger partial charge in [-0.2, -0.15) is 9.78 Å². The molecule has 0 spiro atoms. The number of anilines is 1. The minimum absolute atomic E-state index is 0.0425. The van der Waals surface area contributed by atoms with Crippen molar-refractivity contribution in [2.24, 2.45) is 5.41 Å². The highest BCUT2D eigenvalue weighted by molar-refractivity contribution is 7.16. The fourth-order valence-corrected chi connectivity index (χ4v) is 4.06. The lowest BCUT2D eigenvalue weighted by molar-refractivity contribution is -0.274. The Morgan fingerprint density at radius 2 is 1.79 bits per heavy atom. The molecule has 8 nitrogen and oxygen atoms in total. The van der Waals surface area contributed by atoms with E-state index in [0.29, 0.717) is 0 Å². The average molecular weight is 497 g/mol. The molecule has 1 aromatic carbocycles. The number of rotatable bonds is 6. The smallest absolute Gasteiger partial charge is 0.461 e. The average Bonchev–Trinajstić information content (AvgIpc) is 3.10. The molecule has 0 aliphatic heterocycles. The highest BCUT2D eigenvalue weighted by atomic mass is 32.1. The molecule has 2 aromatic heterocycles. The van der Waals surface area contributed by atoms with Gasteiger partial charge in [-0.05, 0) is 36.6 Å². The van der Waals surface area contributed by atoms with Crippen LogP contribution in [0, 0.1) is 5.41 Å². The second kappa shape index (κ2) is 9.45. The number of hydrogen-bond acceptors (Lipinski definition) is 7. The molecular formula is C22H22F3N3O5S. The largest absolute Gasteiger partial charge is 0.573 e. The van der Waals surface area contributed by atoms with Crippen LogP contribution in [0.2, 0.25) is 0 Å². The quantitative estimate of drug-likeness (QED) is 0.487. The molecule has 0 radical (unpaired) electrons. The number of nitrogens with one attached hydrogen (secondary N) is 1. The number of ether oxygens (including phenoxy) is 2. The minimum atomic E-state index is -4.87. The van der Waals surface area contributed by atoms with Gasteiger partial charge in [0.1, 0.15) is 10.8 Å². The van der Waals surface area contributed by atoms with Gasteiger partial charge in [-0.25, -0.2) is 4.79 Å². The fourth-order valence-electron chi connectivity index (χ4n) is 3.11. The van der Waals surface area contributed by atoms with Crippen molar-refractivity contribution in [2.75, 3.05) is 11.9 Å². The van der Waals surface area contributed by atoms with Gasteiger partial charge in [0, 0.05) is 17.2 Å². The first kappa shape index (κ1) is 25.2. The predicted molar refractivity (Wildman–Crippen MR) is 121 cm³/mol. The molecule has 0 atom stereocenters. The molecule has 182 valence electrons. The Kier molecular flexibility index (Phi) is 7.01. The Hall–Kier alpha value is -3.41.